The van der Waals surface area contributed by atoms with Gasteiger partial charge in [0.25, 0.3) is 5.91 Å². The maximum absolute atomic E-state index is 12.2. The van der Waals surface area contributed by atoms with Crippen molar-refractivity contribution >= 4 is 11.6 Å². The molecule has 0 unspecified atom stereocenters. The Bertz CT molecular complexity index is 817. The second-order valence-corrected chi connectivity index (χ2v) is 5.82. The number of ether oxygens (including phenoxy) is 2. The van der Waals surface area contributed by atoms with Crippen LogP contribution in [0.25, 0.3) is 0 Å². The maximum atomic E-state index is 12.2. The number of benzene rings is 3. The zero-order chi connectivity index (χ0) is 18.2. The Balaban J connectivity index is 1.49. The fourth-order valence-electron chi connectivity index (χ4n) is 2.41. The molecule has 132 valence electrons. The van der Waals surface area contributed by atoms with E-state index in [1.807, 2.05) is 72.8 Å². The number of likely N-dealkylation sites (N-methyl/N-ethyl adjacent to an activating group) is 1. The van der Waals surface area contributed by atoms with Crippen LogP contribution >= 0.6 is 0 Å². The number of carbonyl (C=O) groups excluding carboxylic acids is 1. The van der Waals surface area contributed by atoms with Gasteiger partial charge in [0.05, 0.1) is 0 Å². The van der Waals surface area contributed by atoms with Gasteiger partial charge in [-0.2, -0.15) is 0 Å². The first-order valence-electron chi connectivity index (χ1n) is 8.43. The third-order valence-corrected chi connectivity index (χ3v) is 3.95. The Morgan fingerprint density at radius 2 is 1.31 bits per heavy atom. The molecule has 26 heavy (non-hydrogen) atoms. The molecule has 0 radical (unpaired) electrons. The van der Waals surface area contributed by atoms with Gasteiger partial charge < -0.3 is 14.4 Å². The minimum Gasteiger partial charge on any atom is -0.489 e. The molecule has 0 fully saturated rings. The molecule has 0 aromatic heterocycles. The molecular weight excluding hydrogens is 326 g/mol. The van der Waals surface area contributed by atoms with Crippen molar-refractivity contribution in [1.82, 2.24) is 0 Å². The van der Waals surface area contributed by atoms with Crippen molar-refractivity contribution in [2.24, 2.45) is 0 Å². The molecule has 0 atom stereocenters. The Morgan fingerprint density at radius 3 is 1.92 bits per heavy atom. The third-order valence-electron chi connectivity index (χ3n) is 3.95. The summed E-state index contributed by atoms with van der Waals surface area (Å²) in [4.78, 5) is 13.8. The van der Waals surface area contributed by atoms with E-state index >= 15 is 0 Å². The highest BCUT2D eigenvalue weighted by molar-refractivity contribution is 5.93. The van der Waals surface area contributed by atoms with Crippen molar-refractivity contribution in [3.8, 4) is 11.5 Å². The van der Waals surface area contributed by atoms with Crippen LogP contribution < -0.4 is 14.4 Å². The van der Waals surface area contributed by atoms with Crippen LogP contribution in [0.1, 0.15) is 5.56 Å². The lowest BCUT2D eigenvalue weighted by atomic mass is 10.2. The van der Waals surface area contributed by atoms with Gasteiger partial charge in [0.1, 0.15) is 18.1 Å². The van der Waals surface area contributed by atoms with E-state index in [0.29, 0.717) is 12.4 Å². The van der Waals surface area contributed by atoms with Gasteiger partial charge in [0, 0.05) is 12.7 Å². The molecule has 0 heterocycles. The van der Waals surface area contributed by atoms with Gasteiger partial charge in [-0.25, -0.2) is 0 Å². The molecule has 0 saturated heterocycles. The molecule has 0 saturated carbocycles. The van der Waals surface area contributed by atoms with E-state index < -0.39 is 0 Å². The number of hydrogen-bond acceptors (Lipinski definition) is 3. The summed E-state index contributed by atoms with van der Waals surface area (Å²) in [6, 6.07) is 26.7. The van der Waals surface area contributed by atoms with E-state index in [1.54, 1.807) is 24.1 Å². The van der Waals surface area contributed by atoms with E-state index in [4.69, 9.17) is 9.47 Å². The normalized spacial score (nSPS) is 10.2. The number of amides is 1. The number of rotatable bonds is 7. The lowest BCUT2D eigenvalue weighted by Crippen LogP contribution is -2.31. The summed E-state index contributed by atoms with van der Waals surface area (Å²) in [5, 5.41) is 0. The molecule has 0 aliphatic carbocycles. The standard InChI is InChI=1S/C22H21NO3/c1-23(19-10-6-3-7-11-19)22(24)17-26-21-14-12-20(13-15-21)25-16-18-8-4-2-5-9-18/h2-15H,16-17H2,1H3. The van der Waals surface area contributed by atoms with Crippen molar-refractivity contribution in [3.63, 3.8) is 0 Å². The largest absolute Gasteiger partial charge is 0.489 e. The Hall–Kier alpha value is -3.27. The first-order chi connectivity index (χ1) is 12.7. The topological polar surface area (TPSA) is 38.8 Å². The summed E-state index contributed by atoms with van der Waals surface area (Å²) in [7, 11) is 1.74. The number of nitrogens with zero attached hydrogens (tertiary/aromatic N) is 1. The van der Waals surface area contributed by atoms with Gasteiger partial charge in [-0.15, -0.1) is 0 Å². The van der Waals surface area contributed by atoms with Crippen molar-refractivity contribution in [2.45, 2.75) is 6.61 Å². The van der Waals surface area contributed by atoms with Crippen LogP contribution in [0.15, 0.2) is 84.9 Å². The van der Waals surface area contributed by atoms with E-state index in [-0.39, 0.29) is 12.5 Å². The van der Waals surface area contributed by atoms with Gasteiger partial charge in [0.15, 0.2) is 6.61 Å². The second kappa shape index (κ2) is 8.72. The van der Waals surface area contributed by atoms with Crippen LogP contribution in [0.2, 0.25) is 0 Å². The van der Waals surface area contributed by atoms with Gasteiger partial charge in [-0.05, 0) is 42.0 Å². The average Bonchev–Trinajstić information content (AvgIpc) is 2.72. The number of hydrogen-bond donors (Lipinski definition) is 0. The first kappa shape index (κ1) is 17.5. The van der Waals surface area contributed by atoms with Crippen LogP contribution in [-0.4, -0.2) is 19.6 Å². The van der Waals surface area contributed by atoms with E-state index in [0.717, 1.165) is 17.0 Å². The molecule has 0 aliphatic rings. The molecule has 4 nitrogen and oxygen atoms in total. The lowest BCUT2D eigenvalue weighted by Gasteiger charge is -2.17. The molecule has 4 heteroatoms. The summed E-state index contributed by atoms with van der Waals surface area (Å²) < 4.78 is 11.3. The minimum atomic E-state index is -0.111. The van der Waals surface area contributed by atoms with Crippen LogP contribution in [0.3, 0.4) is 0 Å². The fraction of sp³-hybridized carbons (Fsp3) is 0.136. The van der Waals surface area contributed by atoms with Crippen molar-refractivity contribution in [2.75, 3.05) is 18.6 Å². The van der Waals surface area contributed by atoms with Gasteiger partial charge in [-0.3, -0.25) is 4.79 Å². The molecule has 0 spiro atoms. The van der Waals surface area contributed by atoms with Crippen LogP contribution in [0, 0.1) is 0 Å². The molecule has 3 aromatic rings. The average molecular weight is 347 g/mol. The summed E-state index contributed by atoms with van der Waals surface area (Å²) in [6.45, 7) is 0.497. The van der Waals surface area contributed by atoms with Crippen LogP contribution in [0.5, 0.6) is 11.5 Å². The Morgan fingerprint density at radius 1 is 0.769 bits per heavy atom. The zero-order valence-electron chi connectivity index (χ0n) is 14.7. The molecule has 1 amide bonds. The molecule has 0 aliphatic heterocycles. The molecule has 3 aromatic carbocycles. The number of carbonyl (C=O) groups is 1. The second-order valence-electron chi connectivity index (χ2n) is 5.82. The third kappa shape index (κ3) is 4.86. The van der Waals surface area contributed by atoms with Crippen molar-refractivity contribution < 1.29 is 14.3 Å². The first-order valence-corrected chi connectivity index (χ1v) is 8.43. The molecule has 0 bridgehead atoms. The van der Waals surface area contributed by atoms with E-state index in [1.165, 1.54) is 0 Å². The summed E-state index contributed by atoms with van der Waals surface area (Å²) in [5.74, 6) is 1.28. The van der Waals surface area contributed by atoms with E-state index in [2.05, 4.69) is 0 Å². The zero-order valence-corrected chi connectivity index (χ0v) is 14.7. The Kier molecular flexibility index (Phi) is 5.88. The van der Waals surface area contributed by atoms with Gasteiger partial charge in [0.2, 0.25) is 0 Å². The minimum absolute atomic E-state index is 0.0182. The summed E-state index contributed by atoms with van der Waals surface area (Å²) in [6.07, 6.45) is 0. The monoisotopic (exact) mass is 347 g/mol. The summed E-state index contributed by atoms with van der Waals surface area (Å²) in [5.41, 5.74) is 1.95. The number of para-hydroxylation sites is 1. The number of anilines is 1. The highest BCUT2D eigenvalue weighted by Crippen LogP contribution is 2.19. The van der Waals surface area contributed by atoms with Crippen LogP contribution in [-0.2, 0) is 11.4 Å². The van der Waals surface area contributed by atoms with Crippen molar-refractivity contribution in [3.05, 3.63) is 90.5 Å². The SMILES string of the molecule is CN(C(=O)COc1ccc(OCc2ccccc2)cc1)c1ccccc1. The summed E-state index contributed by atoms with van der Waals surface area (Å²) >= 11 is 0. The van der Waals surface area contributed by atoms with Gasteiger partial charge in [-0.1, -0.05) is 48.5 Å². The highest BCUT2D eigenvalue weighted by atomic mass is 16.5. The predicted octanol–water partition coefficient (Wildman–Crippen LogP) is 4.31. The maximum Gasteiger partial charge on any atom is 0.264 e. The smallest absolute Gasteiger partial charge is 0.264 e. The van der Waals surface area contributed by atoms with Gasteiger partial charge >= 0.3 is 0 Å². The highest BCUT2D eigenvalue weighted by Gasteiger charge is 2.11. The molecular formula is C22H21NO3. The molecule has 3 rings (SSSR count). The quantitative estimate of drug-likeness (QED) is 0.639. The Labute approximate surface area is 153 Å². The van der Waals surface area contributed by atoms with E-state index in [9.17, 15) is 4.79 Å². The fourth-order valence-corrected chi connectivity index (χ4v) is 2.41. The van der Waals surface area contributed by atoms with Crippen LogP contribution in [0.4, 0.5) is 5.69 Å². The van der Waals surface area contributed by atoms with Crippen molar-refractivity contribution in [1.29, 1.82) is 0 Å². The predicted molar refractivity (Wildman–Crippen MR) is 103 cm³/mol. The molecule has 0 N–H and O–H groups in total. The lowest BCUT2D eigenvalue weighted by molar-refractivity contribution is -0.120.